The molecule has 0 radical (unpaired) electrons. The number of hydrogen-bond acceptors (Lipinski definition) is 2. The Morgan fingerprint density at radius 2 is 1.90 bits per heavy atom. The van der Waals surface area contributed by atoms with Gasteiger partial charge in [-0.1, -0.05) is 65.3 Å². The standard InChI is InChI=1S/C26H36ClNO3/c1-17(2)20-15-28(16-26(11-12-26)23(30)31)22(29)14-25(20,6)19-8-7-18(21(27)13-19)9-10-24(3,4)5/h7-8,13,15,17H,9-12,14,16H2,1-6H3,(H,30,31)/t25-/m0/s1. The Bertz CT molecular complexity index is 908. The smallest absolute Gasteiger partial charge is 0.311 e. The van der Waals surface area contributed by atoms with Crippen LogP contribution in [0, 0.1) is 16.7 Å². The van der Waals surface area contributed by atoms with Crippen LogP contribution >= 0.6 is 11.6 Å². The van der Waals surface area contributed by atoms with E-state index in [0.29, 0.717) is 19.3 Å². The van der Waals surface area contributed by atoms with Crippen molar-refractivity contribution < 1.29 is 14.7 Å². The first kappa shape index (κ1) is 23.8. The van der Waals surface area contributed by atoms with Crippen LogP contribution in [0.25, 0.3) is 0 Å². The van der Waals surface area contributed by atoms with E-state index in [2.05, 4.69) is 53.7 Å². The summed E-state index contributed by atoms with van der Waals surface area (Å²) in [5.41, 5.74) is 2.36. The number of carboxylic acid groups (broad SMARTS) is 1. The van der Waals surface area contributed by atoms with Gasteiger partial charge < -0.3 is 10.0 Å². The highest BCUT2D eigenvalue weighted by Crippen LogP contribution is 2.49. The van der Waals surface area contributed by atoms with Gasteiger partial charge in [0.15, 0.2) is 0 Å². The van der Waals surface area contributed by atoms with E-state index in [-0.39, 0.29) is 23.8 Å². The predicted octanol–water partition coefficient (Wildman–Crippen LogP) is 6.21. The first-order valence-corrected chi connectivity index (χ1v) is 11.7. The molecule has 1 amide bonds. The second-order valence-electron chi connectivity index (χ2n) is 11.2. The number of hydrogen-bond donors (Lipinski definition) is 1. The summed E-state index contributed by atoms with van der Waals surface area (Å²) >= 11 is 6.68. The zero-order chi connectivity index (χ0) is 23.2. The lowest BCUT2D eigenvalue weighted by Gasteiger charge is -2.42. The van der Waals surface area contributed by atoms with Crippen molar-refractivity contribution in [1.29, 1.82) is 0 Å². The molecular weight excluding hydrogens is 410 g/mol. The summed E-state index contributed by atoms with van der Waals surface area (Å²) in [6.07, 6.45) is 5.50. The molecule has 0 spiro atoms. The van der Waals surface area contributed by atoms with E-state index in [4.69, 9.17) is 11.6 Å². The lowest BCUT2D eigenvalue weighted by atomic mass is 9.68. The molecule has 1 N–H and O–H groups in total. The number of allylic oxidation sites excluding steroid dienone is 1. The fourth-order valence-corrected chi connectivity index (χ4v) is 4.87. The van der Waals surface area contributed by atoms with Crippen LogP contribution < -0.4 is 0 Å². The number of carboxylic acids is 1. The van der Waals surface area contributed by atoms with Gasteiger partial charge in [0, 0.05) is 29.6 Å². The molecule has 1 saturated carbocycles. The maximum Gasteiger partial charge on any atom is 0.311 e. The van der Waals surface area contributed by atoms with Crippen LogP contribution in [0.5, 0.6) is 0 Å². The third-order valence-corrected chi connectivity index (χ3v) is 7.35. The van der Waals surface area contributed by atoms with E-state index in [1.165, 1.54) is 0 Å². The highest BCUT2D eigenvalue weighted by molar-refractivity contribution is 6.31. The van der Waals surface area contributed by atoms with Crippen molar-refractivity contribution in [2.45, 2.75) is 79.1 Å². The Morgan fingerprint density at radius 3 is 2.39 bits per heavy atom. The van der Waals surface area contributed by atoms with Crippen LogP contribution in [0.2, 0.25) is 5.02 Å². The average molecular weight is 446 g/mol. The largest absolute Gasteiger partial charge is 0.481 e. The van der Waals surface area contributed by atoms with Gasteiger partial charge in [0.2, 0.25) is 5.91 Å². The molecule has 1 aromatic carbocycles. The lowest BCUT2D eigenvalue weighted by Crippen LogP contribution is -2.45. The van der Waals surface area contributed by atoms with Gasteiger partial charge in [-0.2, -0.15) is 0 Å². The summed E-state index contributed by atoms with van der Waals surface area (Å²) in [5.74, 6) is -0.599. The summed E-state index contributed by atoms with van der Waals surface area (Å²) in [4.78, 5) is 26.4. The molecule has 170 valence electrons. The minimum absolute atomic E-state index is 0.0210. The van der Waals surface area contributed by atoms with Crippen LogP contribution in [-0.2, 0) is 21.4 Å². The van der Waals surface area contributed by atoms with Crippen molar-refractivity contribution in [1.82, 2.24) is 4.90 Å². The quantitative estimate of drug-likeness (QED) is 0.542. The van der Waals surface area contributed by atoms with Crippen LogP contribution in [0.3, 0.4) is 0 Å². The molecule has 5 heteroatoms. The van der Waals surface area contributed by atoms with Crippen LogP contribution in [-0.4, -0.2) is 28.4 Å². The summed E-state index contributed by atoms with van der Waals surface area (Å²) in [5, 5.41) is 10.3. The van der Waals surface area contributed by atoms with Crippen molar-refractivity contribution in [3.05, 3.63) is 46.1 Å². The minimum Gasteiger partial charge on any atom is -0.481 e. The number of carbonyl (C=O) groups is 2. The van der Waals surface area contributed by atoms with E-state index >= 15 is 0 Å². The Labute approximate surface area is 191 Å². The number of rotatable bonds is 7. The third kappa shape index (κ3) is 5.00. The Balaban J connectivity index is 1.91. The van der Waals surface area contributed by atoms with Gasteiger partial charge in [0.25, 0.3) is 0 Å². The van der Waals surface area contributed by atoms with E-state index < -0.39 is 16.8 Å². The molecule has 1 heterocycles. The van der Waals surface area contributed by atoms with Crippen molar-refractivity contribution in [3.63, 3.8) is 0 Å². The van der Waals surface area contributed by atoms with Gasteiger partial charge in [-0.3, -0.25) is 9.59 Å². The molecule has 31 heavy (non-hydrogen) atoms. The molecule has 0 unspecified atom stereocenters. The second kappa shape index (κ2) is 8.27. The van der Waals surface area contributed by atoms with Crippen molar-refractivity contribution in [2.75, 3.05) is 6.54 Å². The molecule has 1 aliphatic carbocycles. The molecule has 1 aliphatic heterocycles. The first-order chi connectivity index (χ1) is 14.3. The average Bonchev–Trinajstić information content (AvgIpc) is 3.43. The van der Waals surface area contributed by atoms with Crippen LogP contribution in [0.4, 0.5) is 0 Å². The molecule has 4 nitrogen and oxygen atoms in total. The second-order valence-corrected chi connectivity index (χ2v) is 11.6. The van der Waals surface area contributed by atoms with Gasteiger partial charge in [-0.25, -0.2) is 0 Å². The molecule has 0 aromatic heterocycles. The normalized spacial score (nSPS) is 23.2. The molecule has 3 rings (SSSR count). The topological polar surface area (TPSA) is 57.6 Å². The van der Waals surface area contributed by atoms with Crippen molar-refractivity contribution in [2.24, 2.45) is 16.7 Å². The molecule has 2 aliphatic rings. The highest BCUT2D eigenvalue weighted by Gasteiger charge is 2.53. The number of benzene rings is 1. The molecule has 0 bridgehead atoms. The van der Waals surface area contributed by atoms with Gasteiger partial charge in [-0.15, -0.1) is 0 Å². The third-order valence-electron chi connectivity index (χ3n) is 6.99. The maximum absolute atomic E-state index is 13.1. The van der Waals surface area contributed by atoms with Gasteiger partial charge in [0.05, 0.1) is 5.41 Å². The first-order valence-electron chi connectivity index (χ1n) is 11.3. The zero-order valence-electron chi connectivity index (χ0n) is 19.7. The van der Waals surface area contributed by atoms with Gasteiger partial charge >= 0.3 is 5.97 Å². The van der Waals surface area contributed by atoms with E-state index in [9.17, 15) is 14.7 Å². The SMILES string of the molecule is CC(C)C1=CN(CC2(C(=O)O)CC2)C(=O)C[C@@]1(C)c1ccc(CCC(C)(C)C)c(Cl)c1. The van der Waals surface area contributed by atoms with E-state index in [1.807, 2.05) is 12.3 Å². The number of nitrogens with zero attached hydrogens (tertiary/aromatic N) is 1. The van der Waals surface area contributed by atoms with Gasteiger partial charge in [-0.05, 0) is 59.8 Å². The summed E-state index contributed by atoms with van der Waals surface area (Å²) < 4.78 is 0. The number of aryl methyl sites for hydroxylation is 1. The Kier molecular flexibility index (Phi) is 6.36. The maximum atomic E-state index is 13.1. The van der Waals surface area contributed by atoms with Gasteiger partial charge in [0.1, 0.15) is 0 Å². The number of carbonyl (C=O) groups excluding carboxylic acids is 1. The summed E-state index contributed by atoms with van der Waals surface area (Å²) in [7, 11) is 0. The monoisotopic (exact) mass is 445 g/mol. The molecule has 1 atom stereocenters. The van der Waals surface area contributed by atoms with E-state index in [0.717, 1.165) is 34.6 Å². The molecular formula is C26H36ClNO3. The summed E-state index contributed by atoms with van der Waals surface area (Å²) in [6.45, 7) is 13.3. The predicted molar refractivity (Wildman–Crippen MR) is 125 cm³/mol. The highest BCUT2D eigenvalue weighted by atomic mass is 35.5. The Morgan fingerprint density at radius 1 is 1.26 bits per heavy atom. The number of amides is 1. The van der Waals surface area contributed by atoms with Crippen molar-refractivity contribution in [3.8, 4) is 0 Å². The molecule has 1 fully saturated rings. The molecule has 1 aromatic rings. The number of aliphatic carboxylic acids is 1. The minimum atomic E-state index is -0.800. The number of halogens is 1. The fourth-order valence-electron chi connectivity index (χ4n) is 4.60. The summed E-state index contributed by atoms with van der Waals surface area (Å²) in [6, 6.07) is 6.24. The van der Waals surface area contributed by atoms with Crippen molar-refractivity contribution >= 4 is 23.5 Å². The molecule has 0 saturated heterocycles. The van der Waals surface area contributed by atoms with Crippen LogP contribution in [0.1, 0.15) is 78.4 Å². The van der Waals surface area contributed by atoms with E-state index in [1.54, 1.807) is 4.90 Å². The lowest BCUT2D eigenvalue weighted by molar-refractivity contribution is -0.145. The zero-order valence-corrected chi connectivity index (χ0v) is 20.5. The van der Waals surface area contributed by atoms with Crippen LogP contribution in [0.15, 0.2) is 30.0 Å². The Hall–Kier alpha value is -1.81. The fraction of sp³-hybridized carbons (Fsp3) is 0.615.